The Morgan fingerprint density at radius 2 is 1.79 bits per heavy atom. The molecule has 4 heteroatoms. The smallest absolute Gasteiger partial charge is 0.251 e. The topological polar surface area (TPSA) is 72.2 Å². The Balaban J connectivity index is 2.21. The molecule has 104 valence electrons. The molecule has 1 rings (SSSR count). The monoisotopic (exact) mass is 262 g/mol. The summed E-state index contributed by atoms with van der Waals surface area (Å²) in [6.07, 6.45) is 3.40. The predicted octanol–water partition coefficient (Wildman–Crippen LogP) is 2.02. The molecule has 19 heavy (non-hydrogen) atoms. The zero-order valence-electron chi connectivity index (χ0n) is 11.4. The molecule has 0 aliphatic rings. The number of carbonyl (C=O) groups excluding carboxylic acids is 2. The van der Waals surface area contributed by atoms with Crippen LogP contribution in [0.1, 0.15) is 48.5 Å². The van der Waals surface area contributed by atoms with Gasteiger partial charge in [-0.1, -0.05) is 18.6 Å². The van der Waals surface area contributed by atoms with Crippen LogP contribution in [0.2, 0.25) is 0 Å². The molecule has 0 bridgehead atoms. The van der Waals surface area contributed by atoms with E-state index >= 15 is 0 Å². The van der Waals surface area contributed by atoms with Crippen molar-refractivity contribution in [3.05, 3.63) is 35.4 Å². The van der Waals surface area contributed by atoms with E-state index < -0.39 is 0 Å². The Labute approximate surface area is 114 Å². The highest BCUT2D eigenvalue weighted by molar-refractivity contribution is 5.94. The Kier molecular flexibility index (Phi) is 6.82. The Bertz CT molecular complexity index is 413. The first-order chi connectivity index (χ1) is 9.13. The molecule has 0 saturated carbocycles. The average molecular weight is 262 g/mol. The van der Waals surface area contributed by atoms with Crippen LogP contribution in [0, 0.1) is 0 Å². The third-order valence-corrected chi connectivity index (χ3v) is 2.94. The molecule has 0 spiro atoms. The van der Waals surface area contributed by atoms with E-state index in [0.29, 0.717) is 25.1 Å². The van der Waals surface area contributed by atoms with Crippen LogP contribution in [0.15, 0.2) is 24.3 Å². The molecule has 0 fully saturated rings. The van der Waals surface area contributed by atoms with Crippen molar-refractivity contribution in [2.75, 3.05) is 6.54 Å². The number of amides is 1. The third kappa shape index (κ3) is 6.15. The highest BCUT2D eigenvalue weighted by Gasteiger charge is 2.04. The van der Waals surface area contributed by atoms with Gasteiger partial charge < -0.3 is 15.8 Å². The van der Waals surface area contributed by atoms with Crippen LogP contribution in [-0.4, -0.2) is 18.2 Å². The van der Waals surface area contributed by atoms with Crippen molar-refractivity contribution < 1.29 is 9.59 Å². The van der Waals surface area contributed by atoms with Crippen LogP contribution < -0.4 is 11.1 Å². The number of nitrogens with two attached hydrogens (primary N) is 1. The molecule has 0 radical (unpaired) electrons. The molecule has 4 nitrogen and oxygen atoms in total. The number of hydrogen-bond acceptors (Lipinski definition) is 3. The lowest BCUT2D eigenvalue weighted by molar-refractivity contribution is -0.117. The van der Waals surface area contributed by atoms with Crippen molar-refractivity contribution in [1.29, 1.82) is 0 Å². The van der Waals surface area contributed by atoms with Crippen molar-refractivity contribution in [3.8, 4) is 0 Å². The molecule has 3 N–H and O–H groups in total. The Hall–Kier alpha value is -1.68. The zero-order chi connectivity index (χ0) is 14.1. The second-order valence-electron chi connectivity index (χ2n) is 4.67. The highest BCUT2D eigenvalue weighted by Crippen LogP contribution is 2.04. The molecule has 1 aromatic carbocycles. The van der Waals surface area contributed by atoms with Gasteiger partial charge >= 0.3 is 0 Å². The lowest BCUT2D eigenvalue weighted by atomic mass is 10.1. The van der Waals surface area contributed by atoms with Gasteiger partial charge in [0.25, 0.3) is 5.91 Å². The number of unbranched alkanes of at least 4 members (excludes halogenated alkanes) is 2. The zero-order valence-corrected chi connectivity index (χ0v) is 11.4. The van der Waals surface area contributed by atoms with Gasteiger partial charge in [0.1, 0.15) is 5.78 Å². The third-order valence-electron chi connectivity index (χ3n) is 2.94. The largest absolute Gasteiger partial charge is 0.352 e. The lowest BCUT2D eigenvalue weighted by Crippen LogP contribution is -2.24. The average Bonchev–Trinajstić information content (AvgIpc) is 2.42. The van der Waals surface area contributed by atoms with Gasteiger partial charge in [-0.05, 0) is 37.5 Å². The second-order valence-corrected chi connectivity index (χ2v) is 4.67. The van der Waals surface area contributed by atoms with E-state index in [4.69, 9.17) is 5.73 Å². The maximum Gasteiger partial charge on any atom is 0.251 e. The van der Waals surface area contributed by atoms with E-state index in [1.54, 1.807) is 19.1 Å². The summed E-state index contributed by atoms with van der Waals surface area (Å²) in [6.45, 7) is 2.74. The summed E-state index contributed by atoms with van der Waals surface area (Å²) in [4.78, 5) is 22.5. The van der Waals surface area contributed by atoms with E-state index in [0.717, 1.165) is 24.8 Å². The molecule has 0 heterocycles. The van der Waals surface area contributed by atoms with Gasteiger partial charge in [0.2, 0.25) is 0 Å². The molecule has 0 aliphatic carbocycles. The molecule has 0 aromatic heterocycles. The number of benzene rings is 1. The van der Waals surface area contributed by atoms with E-state index in [1.807, 2.05) is 12.1 Å². The number of Topliss-reactive ketones (excluding diaryl/α,β-unsaturated/α-hetero) is 1. The maximum atomic E-state index is 11.8. The van der Waals surface area contributed by atoms with Crippen LogP contribution >= 0.6 is 0 Å². The van der Waals surface area contributed by atoms with E-state index in [2.05, 4.69) is 5.32 Å². The Morgan fingerprint density at radius 1 is 1.11 bits per heavy atom. The molecular formula is C15H22N2O2. The van der Waals surface area contributed by atoms with E-state index in [-0.39, 0.29) is 11.7 Å². The number of rotatable bonds is 8. The normalized spacial score (nSPS) is 10.2. The summed E-state index contributed by atoms with van der Waals surface area (Å²) in [6, 6.07) is 7.30. The molecule has 1 amide bonds. The molecular weight excluding hydrogens is 240 g/mol. The minimum atomic E-state index is -0.0601. The van der Waals surface area contributed by atoms with Gasteiger partial charge in [-0.2, -0.15) is 0 Å². The first-order valence-corrected chi connectivity index (χ1v) is 6.70. The van der Waals surface area contributed by atoms with Crippen LogP contribution in [0.5, 0.6) is 0 Å². The van der Waals surface area contributed by atoms with Crippen LogP contribution in [-0.2, 0) is 11.3 Å². The SMILES string of the molecule is CC(=O)CCCCCNC(=O)c1ccc(CN)cc1. The first-order valence-electron chi connectivity index (χ1n) is 6.70. The van der Waals surface area contributed by atoms with Gasteiger partial charge in [0.05, 0.1) is 0 Å². The summed E-state index contributed by atoms with van der Waals surface area (Å²) in [5, 5.41) is 2.87. The quantitative estimate of drug-likeness (QED) is 0.704. The fraction of sp³-hybridized carbons (Fsp3) is 0.467. The van der Waals surface area contributed by atoms with E-state index in [1.165, 1.54) is 0 Å². The van der Waals surface area contributed by atoms with Crippen molar-refractivity contribution in [2.45, 2.75) is 39.2 Å². The molecule has 0 atom stereocenters. The number of hydrogen-bond donors (Lipinski definition) is 2. The first kappa shape index (κ1) is 15.4. The molecule has 0 saturated heterocycles. The number of carbonyl (C=O) groups is 2. The fourth-order valence-corrected chi connectivity index (χ4v) is 1.77. The minimum absolute atomic E-state index is 0.0601. The van der Waals surface area contributed by atoms with Gasteiger partial charge in [0.15, 0.2) is 0 Å². The van der Waals surface area contributed by atoms with Crippen LogP contribution in [0.3, 0.4) is 0 Å². The summed E-state index contributed by atoms with van der Waals surface area (Å²) in [5.74, 6) is 0.166. The second kappa shape index (κ2) is 8.43. The highest BCUT2D eigenvalue weighted by atomic mass is 16.1. The lowest BCUT2D eigenvalue weighted by Gasteiger charge is -2.05. The molecule has 1 aromatic rings. The molecule has 0 aliphatic heterocycles. The van der Waals surface area contributed by atoms with Gasteiger partial charge in [0, 0.05) is 25.1 Å². The maximum absolute atomic E-state index is 11.8. The summed E-state index contributed by atoms with van der Waals surface area (Å²) < 4.78 is 0. The predicted molar refractivity (Wildman–Crippen MR) is 75.8 cm³/mol. The molecule has 0 unspecified atom stereocenters. The van der Waals surface area contributed by atoms with Crippen molar-refractivity contribution in [2.24, 2.45) is 5.73 Å². The van der Waals surface area contributed by atoms with Gasteiger partial charge in [-0.3, -0.25) is 4.79 Å². The van der Waals surface area contributed by atoms with Gasteiger partial charge in [-0.25, -0.2) is 0 Å². The van der Waals surface area contributed by atoms with Crippen molar-refractivity contribution in [3.63, 3.8) is 0 Å². The summed E-state index contributed by atoms with van der Waals surface area (Å²) >= 11 is 0. The van der Waals surface area contributed by atoms with Crippen molar-refractivity contribution in [1.82, 2.24) is 5.32 Å². The van der Waals surface area contributed by atoms with Crippen LogP contribution in [0.25, 0.3) is 0 Å². The number of ketones is 1. The van der Waals surface area contributed by atoms with E-state index in [9.17, 15) is 9.59 Å². The Morgan fingerprint density at radius 3 is 2.37 bits per heavy atom. The van der Waals surface area contributed by atoms with Crippen LogP contribution in [0.4, 0.5) is 0 Å². The standard InChI is InChI=1S/C15H22N2O2/c1-12(18)5-3-2-4-10-17-15(19)14-8-6-13(11-16)7-9-14/h6-9H,2-5,10-11,16H2,1H3,(H,17,19). The fourth-order valence-electron chi connectivity index (χ4n) is 1.77. The summed E-state index contributed by atoms with van der Waals surface area (Å²) in [7, 11) is 0. The van der Waals surface area contributed by atoms with Gasteiger partial charge in [-0.15, -0.1) is 0 Å². The number of nitrogens with one attached hydrogen (secondary N) is 1. The minimum Gasteiger partial charge on any atom is -0.352 e. The van der Waals surface area contributed by atoms with Crippen molar-refractivity contribution >= 4 is 11.7 Å². The summed E-state index contributed by atoms with van der Waals surface area (Å²) in [5.41, 5.74) is 7.17.